The molecule has 0 fully saturated rings. The van der Waals surface area contributed by atoms with Gasteiger partial charge < -0.3 is 15.4 Å². The van der Waals surface area contributed by atoms with Gasteiger partial charge >= 0.3 is 0 Å². The standard InChI is InChI=1S/C15H23BrN2O2/c1-10(2)8-18-15(19)11(3)17-9-12-7-13(16)5-6-14(12)20-4/h5-7,10-11,17H,8-9H2,1-4H3,(H,18,19). The summed E-state index contributed by atoms with van der Waals surface area (Å²) in [6.45, 7) is 7.29. The average Bonchev–Trinajstić information content (AvgIpc) is 2.42. The monoisotopic (exact) mass is 342 g/mol. The summed E-state index contributed by atoms with van der Waals surface area (Å²) >= 11 is 3.44. The third kappa shape index (κ3) is 5.51. The molecule has 0 saturated carbocycles. The first-order valence-electron chi connectivity index (χ1n) is 6.77. The van der Waals surface area contributed by atoms with E-state index in [-0.39, 0.29) is 11.9 Å². The minimum atomic E-state index is -0.238. The van der Waals surface area contributed by atoms with Crippen LogP contribution < -0.4 is 15.4 Å². The largest absolute Gasteiger partial charge is 0.496 e. The summed E-state index contributed by atoms with van der Waals surface area (Å²) in [5, 5.41) is 6.13. The highest BCUT2D eigenvalue weighted by Gasteiger charge is 2.13. The van der Waals surface area contributed by atoms with Gasteiger partial charge in [-0.25, -0.2) is 0 Å². The fourth-order valence-corrected chi connectivity index (χ4v) is 2.11. The lowest BCUT2D eigenvalue weighted by Crippen LogP contribution is -2.43. The summed E-state index contributed by atoms with van der Waals surface area (Å²) in [6, 6.07) is 5.59. The smallest absolute Gasteiger partial charge is 0.236 e. The van der Waals surface area contributed by atoms with E-state index < -0.39 is 0 Å². The van der Waals surface area contributed by atoms with Crippen molar-refractivity contribution in [3.05, 3.63) is 28.2 Å². The Hall–Kier alpha value is -1.07. The van der Waals surface area contributed by atoms with Gasteiger partial charge in [0.05, 0.1) is 13.2 Å². The molecule has 5 heteroatoms. The minimum absolute atomic E-state index is 0.0210. The van der Waals surface area contributed by atoms with E-state index in [0.29, 0.717) is 19.0 Å². The Kier molecular flexibility index (Phi) is 7.02. The highest BCUT2D eigenvalue weighted by Crippen LogP contribution is 2.22. The molecule has 0 aliphatic rings. The summed E-state index contributed by atoms with van der Waals surface area (Å²) in [7, 11) is 1.64. The second kappa shape index (κ2) is 8.27. The van der Waals surface area contributed by atoms with Crippen LogP contribution in [-0.2, 0) is 11.3 Å². The number of hydrogen-bond donors (Lipinski definition) is 2. The van der Waals surface area contributed by atoms with Gasteiger partial charge in [0.2, 0.25) is 5.91 Å². The zero-order chi connectivity index (χ0) is 15.1. The lowest BCUT2D eigenvalue weighted by Gasteiger charge is -2.16. The third-order valence-corrected chi connectivity index (χ3v) is 3.41. The summed E-state index contributed by atoms with van der Waals surface area (Å²) < 4.78 is 6.30. The summed E-state index contributed by atoms with van der Waals surface area (Å²) in [5.41, 5.74) is 1.02. The number of benzene rings is 1. The second-order valence-electron chi connectivity index (χ2n) is 5.20. The van der Waals surface area contributed by atoms with Crippen molar-refractivity contribution in [1.82, 2.24) is 10.6 Å². The van der Waals surface area contributed by atoms with E-state index in [2.05, 4.69) is 40.4 Å². The Labute approximate surface area is 129 Å². The summed E-state index contributed by atoms with van der Waals surface area (Å²) in [6.07, 6.45) is 0. The number of methoxy groups -OCH3 is 1. The normalized spacial score (nSPS) is 12.3. The van der Waals surface area contributed by atoms with Gasteiger partial charge in [0.15, 0.2) is 0 Å². The predicted octanol–water partition coefficient (Wildman–Crippen LogP) is 2.71. The average molecular weight is 343 g/mol. The highest BCUT2D eigenvalue weighted by atomic mass is 79.9. The van der Waals surface area contributed by atoms with Crippen molar-refractivity contribution in [2.75, 3.05) is 13.7 Å². The van der Waals surface area contributed by atoms with Crippen LogP contribution in [0.5, 0.6) is 5.75 Å². The van der Waals surface area contributed by atoms with E-state index in [0.717, 1.165) is 15.8 Å². The van der Waals surface area contributed by atoms with Gasteiger partial charge in [-0.3, -0.25) is 4.79 Å². The Balaban J connectivity index is 2.54. The molecule has 1 unspecified atom stereocenters. The van der Waals surface area contributed by atoms with Crippen molar-refractivity contribution in [2.45, 2.75) is 33.4 Å². The van der Waals surface area contributed by atoms with E-state index >= 15 is 0 Å². The van der Waals surface area contributed by atoms with Crippen molar-refractivity contribution in [1.29, 1.82) is 0 Å². The van der Waals surface area contributed by atoms with Crippen molar-refractivity contribution >= 4 is 21.8 Å². The summed E-state index contributed by atoms with van der Waals surface area (Å²) in [4.78, 5) is 11.9. The first kappa shape index (κ1) is 17.0. The summed E-state index contributed by atoms with van der Waals surface area (Å²) in [5.74, 6) is 1.29. The van der Waals surface area contributed by atoms with E-state index in [9.17, 15) is 4.79 Å². The highest BCUT2D eigenvalue weighted by molar-refractivity contribution is 9.10. The van der Waals surface area contributed by atoms with Crippen LogP contribution >= 0.6 is 15.9 Å². The number of halogens is 1. The number of ether oxygens (including phenoxy) is 1. The van der Waals surface area contributed by atoms with Crippen LogP contribution in [0.25, 0.3) is 0 Å². The Morgan fingerprint density at radius 2 is 2.05 bits per heavy atom. The third-order valence-electron chi connectivity index (χ3n) is 2.92. The second-order valence-corrected chi connectivity index (χ2v) is 6.11. The van der Waals surface area contributed by atoms with E-state index in [1.54, 1.807) is 7.11 Å². The molecule has 0 heterocycles. The first-order chi connectivity index (χ1) is 9.43. The molecule has 20 heavy (non-hydrogen) atoms. The number of hydrogen-bond acceptors (Lipinski definition) is 3. The molecular formula is C15H23BrN2O2. The first-order valence-corrected chi connectivity index (χ1v) is 7.56. The molecule has 4 nitrogen and oxygen atoms in total. The fourth-order valence-electron chi connectivity index (χ4n) is 1.70. The van der Waals surface area contributed by atoms with E-state index in [1.807, 2.05) is 25.1 Å². The number of nitrogens with one attached hydrogen (secondary N) is 2. The molecular weight excluding hydrogens is 320 g/mol. The van der Waals surface area contributed by atoms with Gasteiger partial charge in [-0.05, 0) is 31.0 Å². The van der Waals surface area contributed by atoms with Gasteiger partial charge in [0, 0.05) is 23.1 Å². The van der Waals surface area contributed by atoms with Gasteiger partial charge in [0.25, 0.3) is 0 Å². The predicted molar refractivity (Wildman–Crippen MR) is 84.8 cm³/mol. The van der Waals surface area contributed by atoms with Crippen LogP contribution in [0.3, 0.4) is 0 Å². The molecule has 0 radical (unpaired) electrons. The molecule has 0 spiro atoms. The van der Waals surface area contributed by atoms with Crippen molar-refractivity contribution in [3.8, 4) is 5.75 Å². The molecule has 1 rings (SSSR count). The zero-order valence-electron chi connectivity index (χ0n) is 12.5. The van der Waals surface area contributed by atoms with Gasteiger partial charge in [0.1, 0.15) is 5.75 Å². The molecule has 0 aromatic heterocycles. The quantitative estimate of drug-likeness (QED) is 0.800. The molecule has 1 atom stereocenters. The minimum Gasteiger partial charge on any atom is -0.496 e. The molecule has 1 amide bonds. The van der Waals surface area contributed by atoms with Crippen LogP contribution in [0.15, 0.2) is 22.7 Å². The van der Waals surface area contributed by atoms with Gasteiger partial charge in [-0.2, -0.15) is 0 Å². The lowest BCUT2D eigenvalue weighted by atomic mass is 10.2. The molecule has 2 N–H and O–H groups in total. The number of rotatable bonds is 7. The number of carbonyl (C=O) groups is 1. The maximum absolute atomic E-state index is 11.9. The zero-order valence-corrected chi connectivity index (χ0v) is 14.1. The van der Waals surface area contributed by atoms with Crippen LogP contribution in [0, 0.1) is 5.92 Å². The molecule has 112 valence electrons. The molecule has 0 saturated heterocycles. The van der Waals surface area contributed by atoms with Gasteiger partial charge in [-0.15, -0.1) is 0 Å². The molecule has 0 bridgehead atoms. The molecule has 1 aromatic rings. The lowest BCUT2D eigenvalue weighted by molar-refractivity contribution is -0.122. The Morgan fingerprint density at radius 3 is 2.65 bits per heavy atom. The van der Waals surface area contributed by atoms with Crippen molar-refractivity contribution < 1.29 is 9.53 Å². The van der Waals surface area contributed by atoms with Crippen molar-refractivity contribution in [2.24, 2.45) is 5.92 Å². The number of carbonyl (C=O) groups excluding carboxylic acids is 1. The molecule has 0 aliphatic carbocycles. The van der Waals surface area contributed by atoms with Crippen LogP contribution in [-0.4, -0.2) is 25.6 Å². The number of amides is 1. The topological polar surface area (TPSA) is 50.4 Å². The van der Waals surface area contributed by atoms with Crippen LogP contribution in [0.1, 0.15) is 26.3 Å². The molecule has 1 aromatic carbocycles. The molecule has 0 aliphatic heterocycles. The Morgan fingerprint density at radius 1 is 1.35 bits per heavy atom. The van der Waals surface area contributed by atoms with Crippen molar-refractivity contribution in [3.63, 3.8) is 0 Å². The maximum Gasteiger partial charge on any atom is 0.236 e. The van der Waals surface area contributed by atoms with E-state index in [4.69, 9.17) is 4.74 Å². The SMILES string of the molecule is COc1ccc(Br)cc1CNC(C)C(=O)NCC(C)C. The van der Waals surface area contributed by atoms with Crippen LogP contribution in [0.2, 0.25) is 0 Å². The van der Waals surface area contributed by atoms with Gasteiger partial charge in [-0.1, -0.05) is 29.8 Å². The maximum atomic E-state index is 11.9. The Bertz CT molecular complexity index is 449. The van der Waals surface area contributed by atoms with Crippen LogP contribution in [0.4, 0.5) is 0 Å². The fraction of sp³-hybridized carbons (Fsp3) is 0.533. The van der Waals surface area contributed by atoms with E-state index in [1.165, 1.54) is 0 Å².